The number of ether oxygens (including phenoxy) is 2. The number of methoxy groups -OCH3 is 1. The molecule has 1 fully saturated rings. The van der Waals surface area contributed by atoms with Gasteiger partial charge in [0.1, 0.15) is 0 Å². The maximum Gasteiger partial charge on any atom is 0.309 e. The Balaban J connectivity index is 2.50. The molecule has 0 amide bonds. The van der Waals surface area contributed by atoms with Crippen LogP contribution in [0.2, 0.25) is 0 Å². The Morgan fingerprint density at radius 2 is 2.21 bits per heavy atom. The third kappa shape index (κ3) is 3.17. The summed E-state index contributed by atoms with van der Waals surface area (Å²) < 4.78 is 10.1. The van der Waals surface area contributed by atoms with E-state index >= 15 is 0 Å². The fraction of sp³-hybridized carbons (Fsp3) is 0.900. The number of carbonyl (C=O) groups is 1. The quantitative estimate of drug-likeness (QED) is 0.671. The lowest BCUT2D eigenvalue weighted by molar-refractivity contribution is -0.147. The van der Waals surface area contributed by atoms with Gasteiger partial charge in [0.15, 0.2) is 0 Å². The van der Waals surface area contributed by atoms with Crippen molar-refractivity contribution in [1.82, 2.24) is 0 Å². The molecule has 0 saturated carbocycles. The molecule has 0 bridgehead atoms. The van der Waals surface area contributed by atoms with E-state index in [0.29, 0.717) is 5.92 Å². The Labute approximate surface area is 89.5 Å². The Morgan fingerprint density at radius 3 is 2.71 bits per heavy atom. The molecular weight excluding hydrogens is 200 g/mol. The monoisotopic (exact) mass is 218 g/mol. The van der Waals surface area contributed by atoms with Crippen LogP contribution in [0.5, 0.6) is 0 Å². The lowest BCUT2D eigenvalue weighted by atomic mass is 9.87. The molecule has 0 N–H and O–H groups in total. The summed E-state index contributed by atoms with van der Waals surface area (Å²) in [4.78, 5) is 11.5. The van der Waals surface area contributed by atoms with E-state index in [-0.39, 0.29) is 11.9 Å². The van der Waals surface area contributed by atoms with Crippen molar-refractivity contribution in [1.29, 1.82) is 0 Å². The van der Waals surface area contributed by atoms with E-state index in [1.165, 1.54) is 7.11 Å². The third-order valence-corrected chi connectivity index (χ3v) is 3.38. The first-order valence-electron chi connectivity index (χ1n) is 4.94. The minimum Gasteiger partial charge on any atom is -0.469 e. The van der Waals surface area contributed by atoms with Gasteiger partial charge >= 0.3 is 5.97 Å². The summed E-state index contributed by atoms with van der Waals surface area (Å²) in [6, 6.07) is 0. The highest BCUT2D eigenvalue weighted by atomic mass is 32.2. The highest BCUT2D eigenvalue weighted by Gasteiger charge is 2.29. The maximum atomic E-state index is 11.5. The van der Waals surface area contributed by atoms with Crippen LogP contribution in [0.15, 0.2) is 0 Å². The molecule has 1 saturated heterocycles. The standard InChI is InChI=1S/C10H18O3S/c1-12-10(11)9(7-14-2)8-3-5-13-6-4-8/h8-9H,3-7H2,1-2H3. The van der Waals surface area contributed by atoms with Crippen LogP contribution in [-0.2, 0) is 14.3 Å². The number of thioether (sulfide) groups is 1. The molecule has 14 heavy (non-hydrogen) atoms. The summed E-state index contributed by atoms with van der Waals surface area (Å²) in [5.74, 6) is 1.30. The van der Waals surface area contributed by atoms with Crippen LogP contribution in [0, 0.1) is 11.8 Å². The molecular formula is C10H18O3S. The van der Waals surface area contributed by atoms with E-state index < -0.39 is 0 Å². The van der Waals surface area contributed by atoms with Gasteiger partial charge in [0.2, 0.25) is 0 Å². The predicted octanol–water partition coefficient (Wildman–Crippen LogP) is 1.57. The number of esters is 1. The minimum atomic E-state index is -0.0637. The molecule has 0 spiro atoms. The van der Waals surface area contributed by atoms with E-state index in [1.54, 1.807) is 11.8 Å². The molecule has 0 aromatic heterocycles. The van der Waals surface area contributed by atoms with E-state index in [1.807, 2.05) is 6.26 Å². The van der Waals surface area contributed by atoms with Gasteiger partial charge in [-0.25, -0.2) is 0 Å². The Bertz CT molecular complexity index is 178. The largest absolute Gasteiger partial charge is 0.469 e. The number of hydrogen-bond acceptors (Lipinski definition) is 4. The van der Waals surface area contributed by atoms with Crippen molar-refractivity contribution in [2.45, 2.75) is 12.8 Å². The Morgan fingerprint density at radius 1 is 1.57 bits per heavy atom. The summed E-state index contributed by atoms with van der Waals surface area (Å²) in [5.41, 5.74) is 0. The molecule has 82 valence electrons. The summed E-state index contributed by atoms with van der Waals surface area (Å²) in [6.45, 7) is 1.57. The van der Waals surface area contributed by atoms with Gasteiger partial charge in [-0.1, -0.05) is 0 Å². The molecule has 0 aromatic carbocycles. The van der Waals surface area contributed by atoms with E-state index in [0.717, 1.165) is 31.8 Å². The number of carbonyl (C=O) groups excluding carboxylic acids is 1. The van der Waals surface area contributed by atoms with Gasteiger partial charge in [-0.2, -0.15) is 11.8 Å². The molecule has 0 aliphatic carbocycles. The lowest BCUT2D eigenvalue weighted by Crippen LogP contribution is -2.31. The van der Waals surface area contributed by atoms with Crippen LogP contribution in [0.3, 0.4) is 0 Å². The Kier molecular flexibility index (Phi) is 5.33. The number of rotatable bonds is 4. The second-order valence-electron chi connectivity index (χ2n) is 3.53. The summed E-state index contributed by atoms with van der Waals surface area (Å²) in [5, 5.41) is 0. The second kappa shape index (κ2) is 6.30. The van der Waals surface area contributed by atoms with Gasteiger partial charge in [0, 0.05) is 19.0 Å². The second-order valence-corrected chi connectivity index (χ2v) is 4.45. The van der Waals surface area contributed by atoms with Gasteiger partial charge in [-0.05, 0) is 25.0 Å². The summed E-state index contributed by atoms with van der Waals surface area (Å²) in [6.07, 6.45) is 4.00. The highest BCUT2D eigenvalue weighted by molar-refractivity contribution is 7.98. The van der Waals surface area contributed by atoms with Crippen molar-refractivity contribution in [3.63, 3.8) is 0 Å². The van der Waals surface area contributed by atoms with Crippen LogP contribution < -0.4 is 0 Å². The van der Waals surface area contributed by atoms with E-state index in [2.05, 4.69) is 0 Å². The van der Waals surface area contributed by atoms with Crippen LogP contribution >= 0.6 is 11.8 Å². The van der Waals surface area contributed by atoms with Crippen molar-refractivity contribution in [2.24, 2.45) is 11.8 Å². The van der Waals surface area contributed by atoms with E-state index in [4.69, 9.17) is 9.47 Å². The highest BCUT2D eigenvalue weighted by Crippen LogP contribution is 2.27. The minimum absolute atomic E-state index is 0.0545. The van der Waals surface area contributed by atoms with Gasteiger partial charge in [0.25, 0.3) is 0 Å². The van der Waals surface area contributed by atoms with E-state index in [9.17, 15) is 4.79 Å². The SMILES string of the molecule is COC(=O)C(CSC)C1CCOCC1. The zero-order chi connectivity index (χ0) is 10.4. The molecule has 1 atom stereocenters. The average molecular weight is 218 g/mol. The van der Waals surface area contributed by atoms with Crippen molar-refractivity contribution >= 4 is 17.7 Å². The summed E-state index contributed by atoms with van der Waals surface area (Å²) >= 11 is 1.71. The molecule has 1 aliphatic rings. The third-order valence-electron chi connectivity index (χ3n) is 2.69. The van der Waals surface area contributed by atoms with Crippen LogP contribution in [-0.4, -0.2) is 38.3 Å². The van der Waals surface area contributed by atoms with Crippen LogP contribution in [0.1, 0.15) is 12.8 Å². The van der Waals surface area contributed by atoms with Crippen molar-refractivity contribution in [3.05, 3.63) is 0 Å². The van der Waals surface area contributed by atoms with Gasteiger partial charge in [-0.3, -0.25) is 4.79 Å². The first kappa shape index (κ1) is 11.9. The molecule has 1 unspecified atom stereocenters. The van der Waals surface area contributed by atoms with Crippen molar-refractivity contribution in [3.8, 4) is 0 Å². The van der Waals surface area contributed by atoms with Crippen LogP contribution in [0.25, 0.3) is 0 Å². The fourth-order valence-corrected chi connectivity index (χ4v) is 2.61. The predicted molar refractivity (Wildman–Crippen MR) is 57.4 cm³/mol. The molecule has 0 radical (unpaired) electrons. The lowest BCUT2D eigenvalue weighted by Gasteiger charge is -2.27. The smallest absolute Gasteiger partial charge is 0.309 e. The molecule has 1 rings (SSSR count). The Hall–Kier alpha value is -0.220. The van der Waals surface area contributed by atoms with Crippen LogP contribution in [0.4, 0.5) is 0 Å². The van der Waals surface area contributed by atoms with Gasteiger partial charge in [0.05, 0.1) is 13.0 Å². The topological polar surface area (TPSA) is 35.5 Å². The first-order valence-corrected chi connectivity index (χ1v) is 6.33. The molecule has 4 heteroatoms. The molecule has 0 aromatic rings. The zero-order valence-electron chi connectivity index (χ0n) is 8.82. The molecule has 3 nitrogen and oxygen atoms in total. The maximum absolute atomic E-state index is 11.5. The fourth-order valence-electron chi connectivity index (χ4n) is 1.85. The zero-order valence-corrected chi connectivity index (χ0v) is 9.64. The average Bonchev–Trinajstić information content (AvgIpc) is 2.26. The van der Waals surface area contributed by atoms with Crippen molar-refractivity contribution < 1.29 is 14.3 Å². The van der Waals surface area contributed by atoms with Gasteiger partial charge < -0.3 is 9.47 Å². The molecule has 1 aliphatic heterocycles. The van der Waals surface area contributed by atoms with Crippen molar-refractivity contribution in [2.75, 3.05) is 32.3 Å². The molecule has 1 heterocycles. The first-order chi connectivity index (χ1) is 6.79. The normalized spacial score (nSPS) is 20.4. The number of hydrogen-bond donors (Lipinski definition) is 0. The van der Waals surface area contributed by atoms with Gasteiger partial charge in [-0.15, -0.1) is 0 Å². The summed E-state index contributed by atoms with van der Waals surface area (Å²) in [7, 11) is 1.47.